The van der Waals surface area contributed by atoms with E-state index < -0.39 is 17.8 Å². The molecule has 7 nitrogen and oxygen atoms in total. The molecule has 2 aromatic rings. The molecule has 0 aliphatic heterocycles. The molecule has 0 radical (unpaired) electrons. The van der Waals surface area contributed by atoms with Crippen LogP contribution in [-0.2, 0) is 9.47 Å². The summed E-state index contributed by atoms with van der Waals surface area (Å²) in [6.07, 6.45) is 3.21. The van der Waals surface area contributed by atoms with Gasteiger partial charge in [0.1, 0.15) is 15.6 Å². The number of carbonyl (C=O) groups excluding carboxylic acids is 3. The molecule has 0 unspecified atom stereocenters. The Morgan fingerprint density at radius 3 is 2.24 bits per heavy atom. The topological polar surface area (TPSA) is 90.9 Å². The van der Waals surface area contributed by atoms with E-state index in [1.54, 1.807) is 31.2 Å². The summed E-state index contributed by atoms with van der Waals surface area (Å²) in [5.74, 6) is -0.944. The smallest absolute Gasteiger partial charge is 0.348 e. The van der Waals surface area contributed by atoms with Crippen molar-refractivity contribution in [3.8, 4) is 5.75 Å². The largest absolute Gasteiger partial charge is 0.494 e. The van der Waals surface area contributed by atoms with Gasteiger partial charge in [0, 0.05) is 5.56 Å². The molecule has 29 heavy (non-hydrogen) atoms. The Balaban J connectivity index is 2.17. The third-order valence-corrected chi connectivity index (χ3v) is 5.45. The van der Waals surface area contributed by atoms with Crippen molar-refractivity contribution in [2.24, 2.45) is 0 Å². The Morgan fingerprint density at radius 2 is 1.66 bits per heavy atom. The van der Waals surface area contributed by atoms with Gasteiger partial charge in [-0.25, -0.2) is 9.59 Å². The van der Waals surface area contributed by atoms with Gasteiger partial charge in [0.05, 0.1) is 26.4 Å². The Hall–Kier alpha value is -2.87. The van der Waals surface area contributed by atoms with Crippen LogP contribution in [0.2, 0.25) is 0 Å². The fourth-order valence-electron chi connectivity index (χ4n) is 2.66. The van der Waals surface area contributed by atoms with Gasteiger partial charge in [0.2, 0.25) is 0 Å². The van der Waals surface area contributed by atoms with E-state index in [4.69, 9.17) is 14.2 Å². The normalized spacial score (nSPS) is 10.3. The van der Waals surface area contributed by atoms with E-state index in [1.807, 2.05) is 0 Å². The van der Waals surface area contributed by atoms with Crippen LogP contribution in [-0.4, -0.2) is 38.7 Å². The lowest BCUT2D eigenvalue weighted by Crippen LogP contribution is -2.14. The predicted octanol–water partition coefficient (Wildman–Crippen LogP) is 4.45. The SMILES string of the molecule is CCCCCOc1ccc(C(=O)Nc2sc(C(=O)OC)c(C)c2C(=O)OC)cc1. The Labute approximate surface area is 174 Å². The molecule has 8 heteroatoms. The van der Waals surface area contributed by atoms with E-state index in [0.29, 0.717) is 23.5 Å². The molecule has 156 valence electrons. The molecule has 0 aliphatic carbocycles. The molecule has 0 atom stereocenters. The van der Waals surface area contributed by atoms with Crippen LogP contribution in [0.15, 0.2) is 24.3 Å². The number of ether oxygens (including phenoxy) is 3. The minimum atomic E-state index is -0.639. The molecule has 0 fully saturated rings. The van der Waals surface area contributed by atoms with E-state index in [2.05, 4.69) is 12.2 Å². The number of unbranched alkanes of at least 4 members (excludes halogenated alkanes) is 2. The highest BCUT2D eigenvalue weighted by atomic mass is 32.1. The second kappa shape index (κ2) is 10.6. The number of carbonyl (C=O) groups is 3. The third kappa shape index (κ3) is 5.57. The highest BCUT2D eigenvalue weighted by Crippen LogP contribution is 2.34. The summed E-state index contributed by atoms with van der Waals surface area (Å²) in [5.41, 5.74) is 0.939. The maximum atomic E-state index is 12.6. The second-order valence-corrected chi connectivity index (χ2v) is 7.30. The fraction of sp³-hybridized carbons (Fsp3) is 0.381. The second-order valence-electron chi connectivity index (χ2n) is 6.28. The summed E-state index contributed by atoms with van der Waals surface area (Å²) in [7, 11) is 2.49. The molecular weight excluding hydrogens is 394 g/mol. The zero-order valence-corrected chi connectivity index (χ0v) is 17.8. The van der Waals surface area contributed by atoms with Crippen molar-refractivity contribution in [3.63, 3.8) is 0 Å². The summed E-state index contributed by atoms with van der Waals surface area (Å²) < 4.78 is 15.2. The van der Waals surface area contributed by atoms with E-state index >= 15 is 0 Å². The highest BCUT2D eigenvalue weighted by Gasteiger charge is 2.27. The van der Waals surface area contributed by atoms with Crippen molar-refractivity contribution < 1.29 is 28.6 Å². The molecule has 1 N–H and O–H groups in total. The van der Waals surface area contributed by atoms with Crippen molar-refractivity contribution in [2.45, 2.75) is 33.1 Å². The van der Waals surface area contributed by atoms with Crippen molar-refractivity contribution in [1.82, 2.24) is 0 Å². The number of rotatable bonds is 9. The number of esters is 2. The van der Waals surface area contributed by atoms with Crippen LogP contribution in [0.5, 0.6) is 5.75 Å². The van der Waals surface area contributed by atoms with Crippen LogP contribution >= 0.6 is 11.3 Å². The molecule has 1 amide bonds. The van der Waals surface area contributed by atoms with Gasteiger partial charge >= 0.3 is 11.9 Å². The van der Waals surface area contributed by atoms with Crippen molar-refractivity contribution >= 4 is 34.2 Å². The number of nitrogens with one attached hydrogen (secondary N) is 1. The molecule has 0 saturated carbocycles. The van der Waals surface area contributed by atoms with Gasteiger partial charge in [-0.15, -0.1) is 11.3 Å². The Bertz CT molecular complexity index is 872. The summed E-state index contributed by atoms with van der Waals surface area (Å²) in [5, 5.41) is 2.93. The van der Waals surface area contributed by atoms with E-state index in [0.717, 1.165) is 30.6 Å². The molecule has 0 aliphatic rings. The fourth-order valence-corrected chi connectivity index (χ4v) is 3.76. The summed E-state index contributed by atoms with van der Waals surface area (Å²) in [6, 6.07) is 6.73. The summed E-state index contributed by atoms with van der Waals surface area (Å²) in [4.78, 5) is 37.0. The standard InChI is InChI=1S/C21H25NO6S/c1-5-6-7-12-28-15-10-8-14(9-11-15)18(23)22-19-16(20(24)26-3)13(2)17(29-19)21(25)27-4/h8-11H,5-7,12H2,1-4H3,(H,22,23). The highest BCUT2D eigenvalue weighted by molar-refractivity contribution is 7.18. The first-order valence-electron chi connectivity index (χ1n) is 9.27. The molecule has 0 saturated heterocycles. The lowest BCUT2D eigenvalue weighted by atomic mass is 10.1. The van der Waals surface area contributed by atoms with Crippen molar-refractivity contribution in [1.29, 1.82) is 0 Å². The van der Waals surface area contributed by atoms with E-state index in [-0.39, 0.29) is 15.4 Å². The van der Waals surface area contributed by atoms with Crippen LogP contribution in [0.25, 0.3) is 0 Å². The average molecular weight is 419 g/mol. The van der Waals surface area contributed by atoms with E-state index in [9.17, 15) is 14.4 Å². The summed E-state index contributed by atoms with van der Waals surface area (Å²) in [6.45, 7) is 4.37. The number of hydrogen-bond acceptors (Lipinski definition) is 7. The minimum absolute atomic E-state index is 0.141. The maximum Gasteiger partial charge on any atom is 0.348 e. The first-order chi connectivity index (χ1) is 13.9. The van der Waals surface area contributed by atoms with Gasteiger partial charge in [-0.05, 0) is 43.2 Å². The number of anilines is 1. The zero-order valence-electron chi connectivity index (χ0n) is 17.0. The number of benzene rings is 1. The molecular formula is C21H25NO6S. The Kier molecular flexibility index (Phi) is 8.21. The zero-order chi connectivity index (χ0) is 21.4. The average Bonchev–Trinajstić information content (AvgIpc) is 3.06. The predicted molar refractivity (Wildman–Crippen MR) is 111 cm³/mol. The maximum absolute atomic E-state index is 12.6. The van der Waals surface area contributed by atoms with Crippen LogP contribution in [0.3, 0.4) is 0 Å². The lowest BCUT2D eigenvalue weighted by molar-refractivity contribution is 0.0601. The molecule has 1 heterocycles. The van der Waals surface area contributed by atoms with Crippen LogP contribution < -0.4 is 10.1 Å². The number of amides is 1. The quantitative estimate of drug-likeness (QED) is 0.477. The lowest BCUT2D eigenvalue weighted by Gasteiger charge is -2.08. The Morgan fingerprint density at radius 1 is 1.00 bits per heavy atom. The number of hydrogen-bond donors (Lipinski definition) is 1. The van der Waals surface area contributed by atoms with Gasteiger partial charge in [-0.1, -0.05) is 19.8 Å². The van der Waals surface area contributed by atoms with Gasteiger partial charge in [-0.3, -0.25) is 4.79 Å². The van der Waals surface area contributed by atoms with Gasteiger partial charge in [0.25, 0.3) is 5.91 Å². The number of thiophene rings is 1. The minimum Gasteiger partial charge on any atom is -0.494 e. The molecule has 2 rings (SSSR count). The molecule has 0 spiro atoms. The van der Waals surface area contributed by atoms with E-state index in [1.165, 1.54) is 14.2 Å². The monoisotopic (exact) mass is 419 g/mol. The van der Waals surface area contributed by atoms with Gasteiger partial charge < -0.3 is 19.5 Å². The first kappa shape index (κ1) is 22.4. The number of methoxy groups -OCH3 is 2. The van der Waals surface area contributed by atoms with Gasteiger partial charge in [0.15, 0.2) is 0 Å². The van der Waals surface area contributed by atoms with Crippen LogP contribution in [0.1, 0.15) is 62.1 Å². The van der Waals surface area contributed by atoms with Crippen molar-refractivity contribution in [3.05, 3.63) is 45.8 Å². The van der Waals surface area contributed by atoms with Crippen LogP contribution in [0, 0.1) is 6.92 Å². The van der Waals surface area contributed by atoms with Gasteiger partial charge in [-0.2, -0.15) is 0 Å². The molecule has 1 aromatic carbocycles. The third-order valence-electron chi connectivity index (χ3n) is 4.27. The molecule has 0 bridgehead atoms. The van der Waals surface area contributed by atoms with Crippen LogP contribution in [0.4, 0.5) is 5.00 Å². The van der Waals surface area contributed by atoms with Crippen molar-refractivity contribution in [2.75, 3.05) is 26.1 Å². The summed E-state index contributed by atoms with van der Waals surface area (Å²) >= 11 is 0.972. The molecule has 1 aromatic heterocycles. The first-order valence-corrected chi connectivity index (χ1v) is 10.1.